The average molecular weight is 377 g/mol. The van der Waals surface area contributed by atoms with Crippen LogP contribution in [0, 0.1) is 0 Å². The third-order valence-corrected chi connectivity index (χ3v) is 5.13. The molecule has 4 nitrogen and oxygen atoms in total. The van der Waals surface area contributed by atoms with Crippen LogP contribution in [0.1, 0.15) is 52.7 Å². The van der Waals surface area contributed by atoms with Crippen molar-refractivity contribution < 1.29 is 14.3 Å². The van der Waals surface area contributed by atoms with E-state index in [1.54, 1.807) is 14.2 Å². The van der Waals surface area contributed by atoms with E-state index in [0.717, 1.165) is 37.9 Å². The molecule has 1 heterocycles. The van der Waals surface area contributed by atoms with Crippen molar-refractivity contribution in [2.24, 2.45) is 4.99 Å². The van der Waals surface area contributed by atoms with Crippen LogP contribution >= 0.6 is 0 Å². The first-order chi connectivity index (χ1) is 13.7. The van der Waals surface area contributed by atoms with Gasteiger partial charge in [0.1, 0.15) is 12.0 Å². The lowest BCUT2D eigenvalue weighted by atomic mass is 9.88. The molecule has 0 amide bonds. The lowest BCUT2D eigenvalue weighted by molar-refractivity contribution is 0.112. The van der Waals surface area contributed by atoms with Gasteiger partial charge in [0.15, 0.2) is 0 Å². The summed E-state index contributed by atoms with van der Waals surface area (Å²) in [6.07, 6.45) is 8.01. The Morgan fingerprint density at radius 1 is 1.04 bits per heavy atom. The maximum atomic E-state index is 11.0. The zero-order valence-electron chi connectivity index (χ0n) is 16.5. The molecule has 146 valence electrons. The second kappa shape index (κ2) is 10.00. The topological polar surface area (TPSA) is 47.9 Å². The highest BCUT2D eigenvalue weighted by molar-refractivity contribution is 5.79. The maximum Gasteiger partial charge on any atom is 0.150 e. The largest absolute Gasteiger partial charge is 0.497 e. The third-order valence-electron chi connectivity index (χ3n) is 5.13. The standard InChI is InChI=1S/C24H27NO3/c1-27-13-3-4-19-14-22(20-7-5-18(17-26)6-8-20)15-24(25-16-19)21-9-11-23(28-2)12-10-21/h5-12,14,16-17,22,24H,3-4,13,15H2,1-2H3. The molecule has 2 aromatic rings. The van der Waals surface area contributed by atoms with Gasteiger partial charge in [0.25, 0.3) is 0 Å². The van der Waals surface area contributed by atoms with Crippen LogP contribution in [0.2, 0.25) is 0 Å². The fourth-order valence-electron chi connectivity index (χ4n) is 3.53. The molecule has 0 saturated heterocycles. The molecule has 0 saturated carbocycles. The van der Waals surface area contributed by atoms with Crippen molar-refractivity contribution >= 4 is 12.5 Å². The first kappa shape index (κ1) is 20.0. The first-order valence-electron chi connectivity index (χ1n) is 9.65. The van der Waals surface area contributed by atoms with Crippen molar-refractivity contribution in [1.82, 2.24) is 0 Å². The Morgan fingerprint density at radius 2 is 1.75 bits per heavy atom. The fourth-order valence-corrected chi connectivity index (χ4v) is 3.53. The molecule has 2 aromatic carbocycles. The quantitative estimate of drug-likeness (QED) is 0.471. The summed E-state index contributed by atoms with van der Waals surface area (Å²) >= 11 is 0. The zero-order chi connectivity index (χ0) is 19.8. The number of rotatable bonds is 8. The van der Waals surface area contributed by atoms with Gasteiger partial charge in [0.05, 0.1) is 13.2 Å². The molecule has 0 aromatic heterocycles. The van der Waals surface area contributed by atoms with Crippen molar-refractivity contribution in [3.8, 4) is 5.75 Å². The molecular weight excluding hydrogens is 350 g/mol. The summed E-state index contributed by atoms with van der Waals surface area (Å²) < 4.78 is 10.5. The van der Waals surface area contributed by atoms with Gasteiger partial charge in [-0.15, -0.1) is 0 Å². The van der Waals surface area contributed by atoms with Gasteiger partial charge < -0.3 is 9.47 Å². The van der Waals surface area contributed by atoms with E-state index in [1.807, 2.05) is 42.6 Å². The van der Waals surface area contributed by atoms with E-state index in [4.69, 9.17) is 14.5 Å². The number of carbonyl (C=O) groups excluding carboxylic acids is 1. The Bertz CT molecular complexity index is 822. The molecule has 0 aliphatic carbocycles. The molecule has 1 aliphatic heterocycles. The number of aldehydes is 1. The third kappa shape index (κ3) is 5.17. The molecule has 2 unspecified atom stereocenters. The van der Waals surface area contributed by atoms with E-state index in [0.29, 0.717) is 5.56 Å². The Hall–Kier alpha value is -2.72. The molecule has 2 atom stereocenters. The molecule has 0 spiro atoms. The summed E-state index contributed by atoms with van der Waals surface area (Å²) in [6, 6.07) is 16.1. The zero-order valence-corrected chi connectivity index (χ0v) is 16.5. The molecular formula is C24H27NO3. The summed E-state index contributed by atoms with van der Waals surface area (Å²) in [4.78, 5) is 15.9. The predicted octanol–water partition coefficient (Wildman–Crippen LogP) is 5.16. The number of aliphatic imine (C=N–C) groups is 1. The van der Waals surface area contributed by atoms with Gasteiger partial charge in [-0.3, -0.25) is 9.79 Å². The maximum absolute atomic E-state index is 11.0. The highest BCUT2D eigenvalue weighted by Crippen LogP contribution is 2.35. The van der Waals surface area contributed by atoms with Gasteiger partial charge in [-0.2, -0.15) is 0 Å². The number of carbonyl (C=O) groups is 1. The molecule has 0 N–H and O–H groups in total. The van der Waals surface area contributed by atoms with E-state index in [1.165, 1.54) is 16.7 Å². The Morgan fingerprint density at radius 3 is 2.39 bits per heavy atom. The fraction of sp³-hybridized carbons (Fsp3) is 0.333. The van der Waals surface area contributed by atoms with E-state index in [2.05, 4.69) is 18.2 Å². The summed E-state index contributed by atoms with van der Waals surface area (Å²) in [5.74, 6) is 1.09. The van der Waals surface area contributed by atoms with Gasteiger partial charge in [0, 0.05) is 31.4 Å². The van der Waals surface area contributed by atoms with Crippen molar-refractivity contribution in [1.29, 1.82) is 0 Å². The van der Waals surface area contributed by atoms with Crippen LogP contribution in [0.15, 0.2) is 65.2 Å². The predicted molar refractivity (Wildman–Crippen MR) is 113 cm³/mol. The monoisotopic (exact) mass is 377 g/mol. The van der Waals surface area contributed by atoms with Crippen molar-refractivity contribution in [3.05, 3.63) is 76.9 Å². The van der Waals surface area contributed by atoms with Crippen molar-refractivity contribution in [2.75, 3.05) is 20.8 Å². The smallest absolute Gasteiger partial charge is 0.150 e. The minimum atomic E-state index is 0.0813. The number of benzene rings is 2. The van der Waals surface area contributed by atoms with E-state index in [-0.39, 0.29) is 12.0 Å². The molecule has 0 fully saturated rings. The first-order valence-corrected chi connectivity index (χ1v) is 9.65. The Balaban J connectivity index is 1.87. The van der Waals surface area contributed by atoms with Crippen LogP contribution in [0.5, 0.6) is 5.75 Å². The SMILES string of the molecule is COCCCC1=CC(c2ccc(C=O)cc2)CC(c2ccc(OC)cc2)N=C1. The minimum Gasteiger partial charge on any atom is -0.497 e. The number of hydrogen-bond donors (Lipinski definition) is 0. The summed E-state index contributed by atoms with van der Waals surface area (Å²) in [7, 11) is 3.40. The van der Waals surface area contributed by atoms with Crippen molar-refractivity contribution in [3.63, 3.8) is 0 Å². The highest BCUT2D eigenvalue weighted by Gasteiger charge is 2.20. The van der Waals surface area contributed by atoms with Gasteiger partial charge in [-0.25, -0.2) is 0 Å². The number of allylic oxidation sites excluding steroid dienone is 2. The second-order valence-electron chi connectivity index (χ2n) is 7.03. The summed E-state index contributed by atoms with van der Waals surface area (Å²) in [5, 5.41) is 0. The minimum absolute atomic E-state index is 0.0813. The van der Waals surface area contributed by atoms with E-state index < -0.39 is 0 Å². The van der Waals surface area contributed by atoms with Crippen LogP contribution in [0.25, 0.3) is 0 Å². The van der Waals surface area contributed by atoms with Crippen LogP contribution in [-0.4, -0.2) is 33.3 Å². The lowest BCUT2D eigenvalue weighted by Crippen LogP contribution is -2.03. The normalized spacial score (nSPS) is 19.0. The van der Waals surface area contributed by atoms with E-state index in [9.17, 15) is 4.79 Å². The Kier molecular flexibility index (Phi) is 7.15. The number of nitrogens with zero attached hydrogens (tertiary/aromatic N) is 1. The van der Waals surface area contributed by atoms with Gasteiger partial charge in [-0.05, 0) is 48.1 Å². The number of methoxy groups -OCH3 is 2. The number of hydrogen-bond acceptors (Lipinski definition) is 4. The van der Waals surface area contributed by atoms with Crippen molar-refractivity contribution in [2.45, 2.75) is 31.2 Å². The van der Waals surface area contributed by atoms with Crippen LogP contribution < -0.4 is 4.74 Å². The van der Waals surface area contributed by atoms with Gasteiger partial charge in [0.2, 0.25) is 0 Å². The Labute approximate surface area is 166 Å². The second-order valence-corrected chi connectivity index (χ2v) is 7.03. The van der Waals surface area contributed by atoms with E-state index >= 15 is 0 Å². The highest BCUT2D eigenvalue weighted by atomic mass is 16.5. The summed E-state index contributed by atoms with van der Waals surface area (Å²) in [5.41, 5.74) is 4.32. The molecule has 3 rings (SSSR count). The average Bonchev–Trinajstić information content (AvgIpc) is 2.97. The molecule has 0 bridgehead atoms. The molecule has 4 heteroatoms. The molecule has 28 heavy (non-hydrogen) atoms. The molecule has 0 radical (unpaired) electrons. The lowest BCUT2D eigenvalue weighted by Gasteiger charge is -2.18. The van der Waals surface area contributed by atoms with Crippen LogP contribution in [0.4, 0.5) is 0 Å². The number of ether oxygens (including phenoxy) is 2. The summed E-state index contributed by atoms with van der Waals surface area (Å²) in [6.45, 7) is 0.742. The molecule has 1 aliphatic rings. The van der Waals surface area contributed by atoms with Crippen LogP contribution in [0.3, 0.4) is 0 Å². The van der Waals surface area contributed by atoms with Crippen LogP contribution in [-0.2, 0) is 4.74 Å². The van der Waals surface area contributed by atoms with Gasteiger partial charge >= 0.3 is 0 Å². The van der Waals surface area contributed by atoms with Gasteiger partial charge in [-0.1, -0.05) is 42.5 Å².